The summed E-state index contributed by atoms with van der Waals surface area (Å²) in [6.45, 7) is 6.31. The molecule has 3 aliphatic rings. The van der Waals surface area contributed by atoms with Crippen LogP contribution in [0.1, 0.15) is 84.0 Å². The van der Waals surface area contributed by atoms with Gasteiger partial charge < -0.3 is 5.32 Å². The molecular weight excluding hydrogens is 244 g/mol. The normalized spacial score (nSPS) is 29.2. The van der Waals surface area contributed by atoms with E-state index in [-0.39, 0.29) is 0 Å². The van der Waals surface area contributed by atoms with Crippen LogP contribution in [0.2, 0.25) is 0 Å². The van der Waals surface area contributed by atoms with Crippen LogP contribution < -0.4 is 5.32 Å². The minimum Gasteiger partial charge on any atom is -0.308 e. The van der Waals surface area contributed by atoms with E-state index in [1.54, 1.807) is 0 Å². The maximum Gasteiger partial charge on any atom is 0.0334 e. The van der Waals surface area contributed by atoms with E-state index in [2.05, 4.69) is 17.1 Å². The number of rotatable bonds is 4. The van der Waals surface area contributed by atoms with Crippen LogP contribution in [0, 0.1) is 0 Å². The van der Waals surface area contributed by atoms with Gasteiger partial charge in [-0.15, -0.1) is 0 Å². The van der Waals surface area contributed by atoms with Crippen molar-refractivity contribution >= 4 is 0 Å². The molecule has 3 rings (SSSR count). The molecule has 116 valence electrons. The van der Waals surface area contributed by atoms with Crippen LogP contribution in [-0.4, -0.2) is 35.6 Å². The third-order valence-corrected chi connectivity index (χ3v) is 6.33. The second-order valence-corrected chi connectivity index (χ2v) is 7.75. The molecule has 0 bridgehead atoms. The Hall–Kier alpha value is -0.0800. The smallest absolute Gasteiger partial charge is 0.0334 e. The molecule has 0 aromatic rings. The highest BCUT2D eigenvalue weighted by molar-refractivity contribution is 5.07. The van der Waals surface area contributed by atoms with Gasteiger partial charge in [0.15, 0.2) is 0 Å². The molecule has 0 unspecified atom stereocenters. The lowest BCUT2D eigenvalue weighted by Gasteiger charge is -2.55. The lowest BCUT2D eigenvalue weighted by Crippen LogP contribution is -2.69. The Labute approximate surface area is 125 Å². The first-order valence-electron chi connectivity index (χ1n) is 9.29. The van der Waals surface area contributed by atoms with Gasteiger partial charge in [-0.2, -0.15) is 0 Å². The molecular formula is C18H34N2. The van der Waals surface area contributed by atoms with E-state index in [4.69, 9.17) is 0 Å². The lowest BCUT2D eigenvalue weighted by atomic mass is 9.76. The molecule has 2 heteroatoms. The number of piperazine rings is 1. The molecule has 2 spiro atoms. The van der Waals surface area contributed by atoms with Gasteiger partial charge in [-0.1, -0.05) is 51.9 Å². The predicted octanol–water partition coefficient (Wildman–Crippen LogP) is 4.10. The summed E-state index contributed by atoms with van der Waals surface area (Å²) in [6.07, 6.45) is 17.2. The van der Waals surface area contributed by atoms with Crippen molar-refractivity contribution in [2.45, 2.75) is 95.1 Å². The highest BCUT2D eigenvalue weighted by Gasteiger charge is 2.48. The van der Waals surface area contributed by atoms with Crippen LogP contribution in [0.5, 0.6) is 0 Å². The summed E-state index contributed by atoms with van der Waals surface area (Å²) in [4.78, 5) is 2.95. The molecule has 2 nitrogen and oxygen atoms in total. The number of unbranched alkanes of at least 4 members (excludes halogenated alkanes) is 2. The van der Waals surface area contributed by atoms with Crippen LogP contribution in [0.15, 0.2) is 0 Å². The van der Waals surface area contributed by atoms with Crippen molar-refractivity contribution in [1.82, 2.24) is 10.2 Å². The van der Waals surface area contributed by atoms with Crippen LogP contribution in [0.25, 0.3) is 0 Å². The second kappa shape index (κ2) is 6.36. The minimum absolute atomic E-state index is 0.495. The number of hydrogen-bond donors (Lipinski definition) is 1. The van der Waals surface area contributed by atoms with Crippen molar-refractivity contribution in [2.75, 3.05) is 19.6 Å². The average molecular weight is 278 g/mol. The van der Waals surface area contributed by atoms with Gasteiger partial charge in [0.2, 0.25) is 0 Å². The molecule has 1 heterocycles. The average Bonchev–Trinajstić information content (AvgIpc) is 2.93. The zero-order valence-electron chi connectivity index (χ0n) is 13.6. The quantitative estimate of drug-likeness (QED) is 0.779. The van der Waals surface area contributed by atoms with Crippen LogP contribution >= 0.6 is 0 Å². The molecule has 1 N–H and O–H groups in total. The van der Waals surface area contributed by atoms with E-state index in [0.717, 1.165) is 0 Å². The first-order chi connectivity index (χ1) is 9.79. The van der Waals surface area contributed by atoms with Gasteiger partial charge in [-0.3, -0.25) is 4.90 Å². The zero-order valence-corrected chi connectivity index (χ0v) is 13.6. The zero-order chi connectivity index (χ0) is 13.9. The fourth-order valence-corrected chi connectivity index (χ4v) is 5.01. The molecule has 3 fully saturated rings. The van der Waals surface area contributed by atoms with E-state index < -0.39 is 0 Å². The van der Waals surface area contributed by atoms with Crippen LogP contribution in [-0.2, 0) is 0 Å². The Kier molecular flexibility index (Phi) is 4.72. The van der Waals surface area contributed by atoms with Crippen molar-refractivity contribution in [3.8, 4) is 0 Å². The summed E-state index contributed by atoms with van der Waals surface area (Å²) >= 11 is 0. The first kappa shape index (κ1) is 14.8. The van der Waals surface area contributed by atoms with Gasteiger partial charge in [0.25, 0.3) is 0 Å². The predicted molar refractivity (Wildman–Crippen MR) is 86.1 cm³/mol. The molecule has 0 amide bonds. The number of hydrogen-bond acceptors (Lipinski definition) is 2. The molecule has 1 aliphatic heterocycles. The third kappa shape index (κ3) is 2.92. The number of nitrogens with zero attached hydrogens (tertiary/aromatic N) is 1. The standard InChI is InChI=1S/C18H34N2/c1-2-3-9-14-20-16-17(10-7-8-11-17)19-15-18(20)12-5-4-6-13-18/h19H,2-16H2,1H3. The summed E-state index contributed by atoms with van der Waals surface area (Å²) in [7, 11) is 0. The highest BCUT2D eigenvalue weighted by Crippen LogP contribution is 2.41. The van der Waals surface area contributed by atoms with E-state index in [0.29, 0.717) is 11.1 Å². The molecule has 0 atom stereocenters. The molecule has 20 heavy (non-hydrogen) atoms. The first-order valence-corrected chi connectivity index (χ1v) is 9.29. The van der Waals surface area contributed by atoms with E-state index in [1.165, 1.54) is 96.7 Å². The molecule has 1 saturated heterocycles. The molecule has 0 aromatic heterocycles. The maximum absolute atomic E-state index is 4.03. The van der Waals surface area contributed by atoms with Crippen LogP contribution in [0.4, 0.5) is 0 Å². The van der Waals surface area contributed by atoms with Gasteiger partial charge in [0.1, 0.15) is 0 Å². The SMILES string of the molecule is CCCCCN1CC2(CCCC2)NCC12CCCCC2. The van der Waals surface area contributed by atoms with Crippen molar-refractivity contribution in [3.63, 3.8) is 0 Å². The molecule has 0 radical (unpaired) electrons. The van der Waals surface area contributed by atoms with Crippen molar-refractivity contribution in [2.24, 2.45) is 0 Å². The lowest BCUT2D eigenvalue weighted by molar-refractivity contribution is -0.0186. The number of nitrogens with one attached hydrogen (secondary N) is 1. The topological polar surface area (TPSA) is 15.3 Å². The highest BCUT2D eigenvalue weighted by atomic mass is 15.3. The van der Waals surface area contributed by atoms with Gasteiger partial charge >= 0.3 is 0 Å². The minimum atomic E-state index is 0.495. The second-order valence-electron chi connectivity index (χ2n) is 7.75. The molecule has 2 saturated carbocycles. The molecule has 0 aromatic carbocycles. The van der Waals surface area contributed by atoms with Crippen molar-refractivity contribution in [1.29, 1.82) is 0 Å². The van der Waals surface area contributed by atoms with E-state index in [9.17, 15) is 0 Å². The van der Waals surface area contributed by atoms with E-state index in [1.807, 2.05) is 0 Å². The Morgan fingerprint density at radius 3 is 2.30 bits per heavy atom. The van der Waals surface area contributed by atoms with E-state index >= 15 is 0 Å². The summed E-state index contributed by atoms with van der Waals surface area (Å²) in [6, 6.07) is 0. The maximum atomic E-state index is 4.03. The molecule has 2 aliphatic carbocycles. The summed E-state index contributed by atoms with van der Waals surface area (Å²) in [5, 5.41) is 4.03. The summed E-state index contributed by atoms with van der Waals surface area (Å²) < 4.78 is 0. The van der Waals surface area contributed by atoms with Gasteiger partial charge in [-0.05, 0) is 38.6 Å². The van der Waals surface area contributed by atoms with Crippen molar-refractivity contribution < 1.29 is 0 Å². The van der Waals surface area contributed by atoms with Gasteiger partial charge in [0, 0.05) is 24.2 Å². The van der Waals surface area contributed by atoms with Gasteiger partial charge in [-0.25, -0.2) is 0 Å². The summed E-state index contributed by atoms with van der Waals surface area (Å²) in [5.41, 5.74) is 1.02. The van der Waals surface area contributed by atoms with Crippen LogP contribution in [0.3, 0.4) is 0 Å². The fourth-order valence-electron chi connectivity index (χ4n) is 5.01. The van der Waals surface area contributed by atoms with Crippen molar-refractivity contribution in [3.05, 3.63) is 0 Å². The Balaban J connectivity index is 1.69. The largest absolute Gasteiger partial charge is 0.308 e. The Morgan fingerprint density at radius 2 is 1.60 bits per heavy atom. The fraction of sp³-hybridized carbons (Fsp3) is 1.00. The third-order valence-electron chi connectivity index (χ3n) is 6.33. The Bertz CT molecular complexity index is 301. The Morgan fingerprint density at radius 1 is 0.900 bits per heavy atom. The summed E-state index contributed by atoms with van der Waals surface area (Å²) in [5.74, 6) is 0. The van der Waals surface area contributed by atoms with Gasteiger partial charge in [0.05, 0.1) is 0 Å². The monoisotopic (exact) mass is 278 g/mol.